The molecule has 0 amide bonds. The summed E-state index contributed by atoms with van der Waals surface area (Å²) in [4.78, 5) is 12.0. The molecule has 0 saturated carbocycles. The number of hydrogen-bond donors (Lipinski definition) is 4. The molecule has 0 aliphatic heterocycles. The molecule has 7 heteroatoms. The van der Waals surface area contributed by atoms with Gasteiger partial charge >= 0.3 is 7.60 Å². The van der Waals surface area contributed by atoms with Gasteiger partial charge in [-0.3, -0.25) is 4.57 Å². The van der Waals surface area contributed by atoms with Gasteiger partial charge in [-0.25, -0.2) is 0 Å². The summed E-state index contributed by atoms with van der Waals surface area (Å²) in [6.45, 7) is 2.80. The molecule has 0 radical (unpaired) electrons. The average Bonchev–Trinajstić information content (AvgIpc) is 2.79. The van der Waals surface area contributed by atoms with Crippen LogP contribution in [-0.2, 0) is 9.09 Å². The fourth-order valence-corrected chi connectivity index (χ4v) is 2.57. The van der Waals surface area contributed by atoms with Gasteiger partial charge in [0.25, 0.3) is 0 Å². The maximum absolute atomic E-state index is 11.1. The van der Waals surface area contributed by atoms with Gasteiger partial charge in [0.05, 0.1) is 18.2 Å². The Hall–Kier alpha value is -1.33. The molecule has 2 aromatic rings. The summed E-state index contributed by atoms with van der Waals surface area (Å²) in [6, 6.07) is 5.03. The van der Waals surface area contributed by atoms with Gasteiger partial charge in [0.1, 0.15) is 5.75 Å². The number of aliphatic hydroxyl groups excluding tert-OH is 1. The minimum absolute atomic E-state index is 0.0308. The molecule has 0 aliphatic rings. The third-order valence-electron chi connectivity index (χ3n) is 3.16. The predicted octanol–water partition coefficient (Wildman–Crippen LogP) is 2.37. The molecule has 0 saturated heterocycles. The molecule has 2 rings (SSSR count). The standard InChI is InChI=1S/C13H18NO5P/c1-8(7-19-20(2,17)18)13(16)10-6-14-12-9(10)4-3-5-11(12)15/h3-6,8,13-16H,7H2,1-2H3,(H,17,18)/t8?,13-/m1/s1. The normalized spacial score (nSPS) is 17.8. The summed E-state index contributed by atoms with van der Waals surface area (Å²) in [5, 5.41) is 20.7. The minimum Gasteiger partial charge on any atom is -0.506 e. The van der Waals surface area contributed by atoms with Crippen LogP contribution in [0.5, 0.6) is 5.75 Å². The molecule has 3 atom stereocenters. The van der Waals surface area contributed by atoms with Crippen LogP contribution in [0.2, 0.25) is 0 Å². The van der Waals surface area contributed by atoms with Gasteiger partial charge in [0.2, 0.25) is 0 Å². The number of aliphatic hydroxyl groups is 1. The molecule has 6 nitrogen and oxygen atoms in total. The Morgan fingerprint density at radius 2 is 2.15 bits per heavy atom. The molecular weight excluding hydrogens is 281 g/mol. The van der Waals surface area contributed by atoms with Crippen molar-refractivity contribution < 1.29 is 24.2 Å². The number of hydrogen-bond acceptors (Lipinski definition) is 4. The highest BCUT2D eigenvalue weighted by molar-refractivity contribution is 7.51. The number of benzene rings is 1. The molecule has 2 unspecified atom stereocenters. The summed E-state index contributed by atoms with van der Waals surface area (Å²) >= 11 is 0. The predicted molar refractivity (Wildman–Crippen MR) is 75.8 cm³/mol. The number of rotatable bonds is 5. The lowest BCUT2D eigenvalue weighted by Crippen LogP contribution is -2.14. The van der Waals surface area contributed by atoms with Crippen LogP contribution in [0.3, 0.4) is 0 Å². The third kappa shape index (κ3) is 3.22. The molecule has 20 heavy (non-hydrogen) atoms. The van der Waals surface area contributed by atoms with E-state index in [1.807, 2.05) is 0 Å². The van der Waals surface area contributed by atoms with E-state index in [9.17, 15) is 14.8 Å². The SMILES string of the molecule is CC(COP(C)(=O)O)[C@@H](O)c1c[nH]c2c(O)cccc12. The van der Waals surface area contributed by atoms with Gasteiger partial charge in [-0.15, -0.1) is 0 Å². The zero-order chi connectivity index (χ0) is 14.9. The van der Waals surface area contributed by atoms with E-state index in [1.165, 1.54) is 0 Å². The van der Waals surface area contributed by atoms with E-state index in [0.717, 1.165) is 6.66 Å². The van der Waals surface area contributed by atoms with Crippen molar-refractivity contribution in [2.45, 2.75) is 13.0 Å². The lowest BCUT2D eigenvalue weighted by molar-refractivity contribution is 0.0822. The Kier molecular flexibility index (Phi) is 4.20. The van der Waals surface area contributed by atoms with E-state index in [4.69, 9.17) is 9.42 Å². The minimum atomic E-state index is -3.55. The lowest BCUT2D eigenvalue weighted by atomic mass is 9.98. The topological polar surface area (TPSA) is 103 Å². The van der Waals surface area contributed by atoms with Crippen LogP contribution < -0.4 is 0 Å². The Labute approximate surface area is 116 Å². The van der Waals surface area contributed by atoms with Crippen LogP contribution >= 0.6 is 7.60 Å². The number of nitrogens with one attached hydrogen (secondary N) is 1. The number of aromatic nitrogens is 1. The van der Waals surface area contributed by atoms with Crippen LogP contribution in [0.15, 0.2) is 24.4 Å². The first-order valence-corrected chi connectivity index (χ1v) is 8.24. The Morgan fingerprint density at radius 1 is 1.45 bits per heavy atom. The monoisotopic (exact) mass is 299 g/mol. The molecule has 4 N–H and O–H groups in total. The second-order valence-electron chi connectivity index (χ2n) is 4.96. The molecule has 110 valence electrons. The summed E-state index contributed by atoms with van der Waals surface area (Å²) in [6.07, 6.45) is 0.757. The Balaban J connectivity index is 2.21. The van der Waals surface area contributed by atoms with Crippen molar-refractivity contribution in [1.82, 2.24) is 4.98 Å². The van der Waals surface area contributed by atoms with Crippen molar-refractivity contribution >= 4 is 18.5 Å². The van der Waals surface area contributed by atoms with Crippen LogP contribution in [0.4, 0.5) is 0 Å². The highest BCUT2D eigenvalue weighted by atomic mass is 31.2. The van der Waals surface area contributed by atoms with Gasteiger partial charge in [-0.2, -0.15) is 0 Å². The molecule has 1 heterocycles. The molecular formula is C13H18NO5P. The van der Waals surface area contributed by atoms with Crippen LogP contribution in [0.1, 0.15) is 18.6 Å². The molecule has 0 fully saturated rings. The average molecular weight is 299 g/mol. The maximum Gasteiger partial charge on any atom is 0.325 e. The van der Waals surface area contributed by atoms with Gasteiger partial charge < -0.3 is 24.6 Å². The van der Waals surface area contributed by atoms with Crippen molar-refractivity contribution in [3.8, 4) is 5.75 Å². The number of phenolic OH excluding ortho intramolecular Hbond substituents is 1. The van der Waals surface area contributed by atoms with E-state index in [1.54, 1.807) is 31.3 Å². The number of aromatic hydroxyl groups is 1. The van der Waals surface area contributed by atoms with Crippen molar-refractivity contribution in [3.63, 3.8) is 0 Å². The van der Waals surface area contributed by atoms with E-state index in [2.05, 4.69) is 4.98 Å². The molecule has 0 spiro atoms. The summed E-state index contributed by atoms with van der Waals surface area (Å²) < 4.78 is 15.9. The molecule has 1 aromatic heterocycles. The van der Waals surface area contributed by atoms with E-state index < -0.39 is 13.7 Å². The first kappa shape index (κ1) is 15.1. The van der Waals surface area contributed by atoms with E-state index in [-0.39, 0.29) is 18.3 Å². The highest BCUT2D eigenvalue weighted by Crippen LogP contribution is 2.39. The zero-order valence-electron chi connectivity index (χ0n) is 11.3. The lowest BCUT2D eigenvalue weighted by Gasteiger charge is -2.19. The first-order valence-electron chi connectivity index (χ1n) is 6.21. The summed E-state index contributed by atoms with van der Waals surface area (Å²) in [7, 11) is -3.55. The summed E-state index contributed by atoms with van der Waals surface area (Å²) in [5.41, 5.74) is 1.17. The van der Waals surface area contributed by atoms with Crippen molar-refractivity contribution in [1.29, 1.82) is 0 Å². The van der Waals surface area contributed by atoms with Crippen molar-refractivity contribution in [2.24, 2.45) is 5.92 Å². The van der Waals surface area contributed by atoms with Crippen LogP contribution in [-0.4, -0.2) is 33.4 Å². The third-order valence-corrected chi connectivity index (χ3v) is 3.79. The van der Waals surface area contributed by atoms with Gasteiger partial charge in [-0.05, 0) is 6.07 Å². The Morgan fingerprint density at radius 3 is 2.80 bits per heavy atom. The molecule has 0 bridgehead atoms. The molecule has 1 aromatic carbocycles. The fraction of sp³-hybridized carbons (Fsp3) is 0.385. The van der Waals surface area contributed by atoms with Crippen molar-refractivity contribution in [3.05, 3.63) is 30.0 Å². The number of H-pyrrole nitrogens is 1. The zero-order valence-corrected chi connectivity index (χ0v) is 12.2. The first-order chi connectivity index (χ1) is 9.29. The fourth-order valence-electron chi connectivity index (χ4n) is 2.06. The van der Waals surface area contributed by atoms with Gasteiger partial charge in [0.15, 0.2) is 0 Å². The maximum atomic E-state index is 11.1. The smallest absolute Gasteiger partial charge is 0.325 e. The van der Waals surface area contributed by atoms with Gasteiger partial charge in [-0.1, -0.05) is 19.1 Å². The molecule has 0 aliphatic carbocycles. The Bertz CT molecular complexity index is 647. The number of aromatic amines is 1. The van der Waals surface area contributed by atoms with Crippen LogP contribution in [0, 0.1) is 5.92 Å². The van der Waals surface area contributed by atoms with Crippen molar-refractivity contribution in [2.75, 3.05) is 13.3 Å². The largest absolute Gasteiger partial charge is 0.506 e. The van der Waals surface area contributed by atoms with E-state index in [0.29, 0.717) is 16.5 Å². The number of fused-ring (bicyclic) bond motifs is 1. The number of phenols is 1. The quantitative estimate of drug-likeness (QED) is 0.635. The highest BCUT2D eigenvalue weighted by Gasteiger charge is 2.23. The number of para-hydroxylation sites is 1. The second-order valence-corrected chi connectivity index (χ2v) is 6.83. The summed E-state index contributed by atoms with van der Waals surface area (Å²) in [5.74, 6) is -0.255. The van der Waals surface area contributed by atoms with Gasteiger partial charge in [0, 0.05) is 29.7 Å². The van der Waals surface area contributed by atoms with Crippen LogP contribution in [0.25, 0.3) is 10.9 Å². The van der Waals surface area contributed by atoms with E-state index >= 15 is 0 Å². The second kappa shape index (κ2) is 5.58.